The largest absolute Gasteiger partial charge is 0.508 e. The van der Waals surface area contributed by atoms with Gasteiger partial charge < -0.3 is 10.8 Å². The van der Waals surface area contributed by atoms with Crippen molar-refractivity contribution < 1.29 is 9.90 Å². The average Bonchev–Trinajstić information content (AvgIpc) is 2.56. The number of aromatic hydroxyl groups is 1. The summed E-state index contributed by atoms with van der Waals surface area (Å²) in [6, 6.07) is 22.4. The van der Waals surface area contributed by atoms with E-state index in [1.54, 1.807) is 24.3 Å². The number of phenols is 1. The van der Waals surface area contributed by atoms with Crippen LogP contribution in [0.25, 0.3) is 22.3 Å². The van der Waals surface area contributed by atoms with Crippen LogP contribution in [0.4, 0.5) is 0 Å². The molecule has 0 aromatic heterocycles. The molecule has 3 heteroatoms. The van der Waals surface area contributed by atoms with E-state index in [0.717, 1.165) is 22.3 Å². The minimum Gasteiger partial charge on any atom is -0.508 e. The lowest BCUT2D eigenvalue weighted by Crippen LogP contribution is -2.10. The van der Waals surface area contributed by atoms with E-state index in [1.165, 1.54) is 0 Å². The molecule has 22 heavy (non-hydrogen) atoms. The first-order valence-corrected chi connectivity index (χ1v) is 6.93. The third kappa shape index (κ3) is 2.83. The number of amides is 1. The van der Waals surface area contributed by atoms with Gasteiger partial charge in [0.05, 0.1) is 0 Å². The van der Waals surface area contributed by atoms with Gasteiger partial charge in [0.2, 0.25) is 5.91 Å². The van der Waals surface area contributed by atoms with Crippen molar-refractivity contribution in [1.29, 1.82) is 0 Å². The van der Waals surface area contributed by atoms with E-state index < -0.39 is 5.91 Å². The lowest BCUT2D eigenvalue weighted by molar-refractivity contribution is 0.100. The number of carbonyl (C=O) groups excluding carboxylic acids is 1. The second-order valence-corrected chi connectivity index (χ2v) is 5.07. The Hall–Kier alpha value is -3.07. The number of hydrogen-bond donors (Lipinski definition) is 2. The molecule has 0 unspecified atom stereocenters. The zero-order valence-corrected chi connectivity index (χ0v) is 11.9. The number of primary amides is 1. The molecule has 1 amide bonds. The third-order valence-corrected chi connectivity index (χ3v) is 3.57. The molecule has 3 aromatic carbocycles. The lowest BCUT2D eigenvalue weighted by atomic mass is 9.98. The maximum atomic E-state index is 11.1. The molecule has 0 saturated heterocycles. The molecule has 3 nitrogen and oxygen atoms in total. The van der Waals surface area contributed by atoms with Crippen LogP contribution < -0.4 is 5.73 Å². The van der Waals surface area contributed by atoms with Gasteiger partial charge in [-0.2, -0.15) is 0 Å². The zero-order valence-electron chi connectivity index (χ0n) is 11.9. The third-order valence-electron chi connectivity index (χ3n) is 3.57. The molecule has 0 saturated carbocycles. The van der Waals surface area contributed by atoms with Crippen molar-refractivity contribution in [3.8, 4) is 28.0 Å². The highest BCUT2D eigenvalue weighted by atomic mass is 16.3. The minimum atomic E-state index is -0.426. The van der Waals surface area contributed by atoms with Gasteiger partial charge in [-0.25, -0.2) is 0 Å². The van der Waals surface area contributed by atoms with Crippen LogP contribution in [-0.2, 0) is 0 Å². The minimum absolute atomic E-state index is 0.252. The van der Waals surface area contributed by atoms with Crippen molar-refractivity contribution in [2.24, 2.45) is 5.73 Å². The highest BCUT2D eigenvalue weighted by Gasteiger charge is 2.04. The summed E-state index contributed by atoms with van der Waals surface area (Å²) >= 11 is 0. The van der Waals surface area contributed by atoms with Gasteiger partial charge in [-0.3, -0.25) is 4.79 Å². The smallest absolute Gasteiger partial charge is 0.248 e. The van der Waals surface area contributed by atoms with Crippen LogP contribution in [0.15, 0.2) is 72.8 Å². The molecule has 3 N–H and O–H groups in total. The van der Waals surface area contributed by atoms with Gasteiger partial charge in [-0.05, 0) is 52.6 Å². The van der Waals surface area contributed by atoms with Gasteiger partial charge in [-0.15, -0.1) is 0 Å². The molecule has 0 radical (unpaired) electrons. The van der Waals surface area contributed by atoms with E-state index >= 15 is 0 Å². The maximum absolute atomic E-state index is 11.1. The van der Waals surface area contributed by atoms with Crippen LogP contribution in [0.5, 0.6) is 5.75 Å². The second kappa shape index (κ2) is 5.74. The number of nitrogens with two attached hydrogens (primary N) is 1. The topological polar surface area (TPSA) is 63.3 Å². The highest BCUT2D eigenvalue weighted by molar-refractivity contribution is 5.93. The Morgan fingerprint density at radius 1 is 0.727 bits per heavy atom. The number of rotatable bonds is 3. The molecule has 0 aliphatic rings. The van der Waals surface area contributed by atoms with Gasteiger partial charge in [-0.1, -0.05) is 42.5 Å². The fourth-order valence-electron chi connectivity index (χ4n) is 2.36. The molecule has 0 aliphatic carbocycles. The second-order valence-electron chi connectivity index (χ2n) is 5.07. The molecule has 0 fully saturated rings. The Morgan fingerprint density at radius 2 is 1.23 bits per heavy atom. The standard InChI is InChI=1S/C19H15NO2/c20-19(22)15-6-4-13(5-7-15)16-2-1-3-17(12-16)14-8-10-18(21)11-9-14/h1-12,21H,(H2,20,22). The molecule has 0 heterocycles. The van der Waals surface area contributed by atoms with Crippen molar-refractivity contribution in [2.45, 2.75) is 0 Å². The molecule has 0 aliphatic heterocycles. The number of hydrogen-bond acceptors (Lipinski definition) is 2. The molecule has 3 rings (SSSR count). The average molecular weight is 289 g/mol. The van der Waals surface area contributed by atoms with E-state index in [2.05, 4.69) is 6.07 Å². The molecule has 108 valence electrons. The first-order chi connectivity index (χ1) is 10.6. The monoisotopic (exact) mass is 289 g/mol. The van der Waals surface area contributed by atoms with Crippen LogP contribution in [0.3, 0.4) is 0 Å². The Morgan fingerprint density at radius 3 is 1.73 bits per heavy atom. The predicted molar refractivity (Wildman–Crippen MR) is 87.5 cm³/mol. The first kappa shape index (κ1) is 13.9. The zero-order chi connectivity index (χ0) is 15.5. The van der Waals surface area contributed by atoms with Crippen LogP contribution in [-0.4, -0.2) is 11.0 Å². The van der Waals surface area contributed by atoms with Crippen LogP contribution in [0.2, 0.25) is 0 Å². The summed E-state index contributed by atoms with van der Waals surface area (Å²) in [5.41, 5.74) is 9.93. The molecule has 0 bridgehead atoms. The Balaban J connectivity index is 1.97. The summed E-state index contributed by atoms with van der Waals surface area (Å²) in [5, 5.41) is 9.37. The number of phenolic OH excluding ortho intramolecular Hbond substituents is 1. The summed E-state index contributed by atoms with van der Waals surface area (Å²) in [7, 11) is 0. The molecule has 3 aromatic rings. The summed E-state index contributed by atoms with van der Waals surface area (Å²) in [6.45, 7) is 0. The van der Waals surface area contributed by atoms with Gasteiger partial charge in [0, 0.05) is 5.56 Å². The van der Waals surface area contributed by atoms with Crippen molar-refractivity contribution in [1.82, 2.24) is 0 Å². The van der Waals surface area contributed by atoms with E-state index in [9.17, 15) is 9.90 Å². The molecule has 0 atom stereocenters. The highest BCUT2D eigenvalue weighted by Crippen LogP contribution is 2.27. The summed E-state index contributed by atoms with van der Waals surface area (Å²) in [4.78, 5) is 11.1. The van der Waals surface area contributed by atoms with E-state index in [1.807, 2.05) is 42.5 Å². The van der Waals surface area contributed by atoms with Gasteiger partial charge in [0.25, 0.3) is 0 Å². The summed E-state index contributed by atoms with van der Waals surface area (Å²) in [6.07, 6.45) is 0. The molecular formula is C19H15NO2. The van der Waals surface area contributed by atoms with E-state index in [4.69, 9.17) is 5.73 Å². The fraction of sp³-hybridized carbons (Fsp3) is 0. The lowest BCUT2D eigenvalue weighted by Gasteiger charge is -2.07. The van der Waals surface area contributed by atoms with Crippen molar-refractivity contribution in [2.75, 3.05) is 0 Å². The normalized spacial score (nSPS) is 10.4. The quantitative estimate of drug-likeness (QED) is 0.769. The van der Waals surface area contributed by atoms with Gasteiger partial charge in [0.1, 0.15) is 5.75 Å². The maximum Gasteiger partial charge on any atom is 0.248 e. The number of benzene rings is 3. The van der Waals surface area contributed by atoms with Crippen molar-refractivity contribution in [3.63, 3.8) is 0 Å². The summed E-state index contributed by atoms with van der Waals surface area (Å²) in [5.74, 6) is -0.175. The van der Waals surface area contributed by atoms with Gasteiger partial charge in [0.15, 0.2) is 0 Å². The Kier molecular flexibility index (Phi) is 3.62. The van der Waals surface area contributed by atoms with Crippen molar-refractivity contribution in [3.05, 3.63) is 78.4 Å². The van der Waals surface area contributed by atoms with E-state index in [-0.39, 0.29) is 5.75 Å². The van der Waals surface area contributed by atoms with Crippen LogP contribution in [0.1, 0.15) is 10.4 Å². The number of carbonyl (C=O) groups is 1. The van der Waals surface area contributed by atoms with Gasteiger partial charge >= 0.3 is 0 Å². The van der Waals surface area contributed by atoms with E-state index in [0.29, 0.717) is 5.56 Å². The SMILES string of the molecule is NC(=O)c1ccc(-c2cccc(-c3ccc(O)cc3)c2)cc1. The summed E-state index contributed by atoms with van der Waals surface area (Å²) < 4.78 is 0. The predicted octanol–water partition coefficient (Wildman–Crippen LogP) is 3.83. The molecule has 0 spiro atoms. The van der Waals surface area contributed by atoms with Crippen molar-refractivity contribution >= 4 is 5.91 Å². The van der Waals surface area contributed by atoms with Crippen LogP contribution in [0, 0.1) is 0 Å². The first-order valence-electron chi connectivity index (χ1n) is 6.93. The Bertz CT molecular complexity index is 806. The molecular weight excluding hydrogens is 274 g/mol. The Labute approximate surface area is 128 Å². The fourth-order valence-corrected chi connectivity index (χ4v) is 2.36. The van der Waals surface area contributed by atoms with Crippen LogP contribution >= 0.6 is 0 Å².